The van der Waals surface area contributed by atoms with Gasteiger partial charge in [-0.1, -0.05) is 59.6 Å². The maximum absolute atomic E-state index is 6.21. The zero-order valence-electron chi connectivity index (χ0n) is 11.3. The standard InChI is InChI=1S/C17H14Cl2N2/c18-13-7-4-8-14(19)17(13)15-11-20-16(21-15)10-9-12-5-2-1-3-6-12/h1-8,11H,9-10H2,(H,20,21). The lowest BCUT2D eigenvalue weighted by atomic mass is 10.1. The molecule has 0 aliphatic rings. The highest BCUT2D eigenvalue weighted by Crippen LogP contribution is 2.33. The van der Waals surface area contributed by atoms with Gasteiger partial charge in [0.15, 0.2) is 0 Å². The fourth-order valence-electron chi connectivity index (χ4n) is 2.27. The maximum Gasteiger partial charge on any atom is 0.107 e. The summed E-state index contributed by atoms with van der Waals surface area (Å²) in [5, 5.41) is 1.23. The number of aromatic amines is 1. The van der Waals surface area contributed by atoms with Crippen LogP contribution in [0.4, 0.5) is 0 Å². The molecule has 0 fully saturated rings. The van der Waals surface area contributed by atoms with Crippen molar-refractivity contribution in [2.24, 2.45) is 0 Å². The highest BCUT2D eigenvalue weighted by molar-refractivity contribution is 6.39. The molecule has 1 N–H and O–H groups in total. The van der Waals surface area contributed by atoms with Crippen LogP contribution in [0.2, 0.25) is 10.0 Å². The van der Waals surface area contributed by atoms with Crippen LogP contribution in [0.25, 0.3) is 11.3 Å². The fourth-order valence-corrected chi connectivity index (χ4v) is 2.86. The van der Waals surface area contributed by atoms with Gasteiger partial charge in [-0.25, -0.2) is 4.98 Å². The predicted octanol–water partition coefficient (Wildman–Crippen LogP) is 5.17. The van der Waals surface area contributed by atoms with Gasteiger partial charge in [0, 0.05) is 18.2 Å². The molecule has 0 bridgehead atoms. The van der Waals surface area contributed by atoms with Crippen LogP contribution in [0.3, 0.4) is 0 Å². The predicted molar refractivity (Wildman–Crippen MR) is 87.9 cm³/mol. The second kappa shape index (κ2) is 6.33. The van der Waals surface area contributed by atoms with Gasteiger partial charge in [-0.3, -0.25) is 0 Å². The van der Waals surface area contributed by atoms with Crippen molar-refractivity contribution in [3.05, 3.63) is 76.2 Å². The Morgan fingerprint density at radius 2 is 1.57 bits per heavy atom. The molecule has 1 aromatic heterocycles. The van der Waals surface area contributed by atoms with Crippen LogP contribution >= 0.6 is 23.2 Å². The number of nitrogens with zero attached hydrogens (tertiary/aromatic N) is 1. The van der Waals surface area contributed by atoms with Gasteiger partial charge in [0.1, 0.15) is 5.82 Å². The van der Waals surface area contributed by atoms with E-state index in [0.29, 0.717) is 10.0 Å². The Hall–Kier alpha value is -1.77. The topological polar surface area (TPSA) is 28.7 Å². The highest BCUT2D eigenvalue weighted by atomic mass is 35.5. The summed E-state index contributed by atoms with van der Waals surface area (Å²) >= 11 is 12.4. The Kier molecular flexibility index (Phi) is 4.28. The normalized spacial score (nSPS) is 10.8. The monoisotopic (exact) mass is 316 g/mol. The van der Waals surface area contributed by atoms with Crippen molar-refractivity contribution in [3.63, 3.8) is 0 Å². The third-order valence-corrected chi connectivity index (χ3v) is 3.97. The molecule has 3 rings (SSSR count). The second-order valence-electron chi connectivity index (χ2n) is 4.81. The van der Waals surface area contributed by atoms with Crippen LogP contribution in [-0.4, -0.2) is 9.97 Å². The smallest absolute Gasteiger partial charge is 0.107 e. The number of aromatic nitrogens is 2. The highest BCUT2D eigenvalue weighted by Gasteiger charge is 2.11. The van der Waals surface area contributed by atoms with E-state index in [1.165, 1.54) is 5.56 Å². The molecule has 0 saturated heterocycles. The van der Waals surface area contributed by atoms with Crippen molar-refractivity contribution in [1.82, 2.24) is 9.97 Å². The largest absolute Gasteiger partial charge is 0.348 e. The summed E-state index contributed by atoms with van der Waals surface area (Å²) in [6.07, 6.45) is 3.66. The molecule has 4 heteroatoms. The van der Waals surface area contributed by atoms with Gasteiger partial charge < -0.3 is 4.98 Å². The minimum Gasteiger partial charge on any atom is -0.348 e. The number of halogens is 2. The average Bonchev–Trinajstić information content (AvgIpc) is 2.95. The molecule has 0 saturated carbocycles. The molecule has 0 amide bonds. The minimum absolute atomic E-state index is 0.614. The molecule has 0 aliphatic carbocycles. The van der Waals surface area contributed by atoms with Crippen molar-refractivity contribution in [2.45, 2.75) is 12.8 Å². The van der Waals surface area contributed by atoms with E-state index < -0.39 is 0 Å². The third kappa shape index (κ3) is 3.29. The molecule has 1 heterocycles. The summed E-state index contributed by atoms with van der Waals surface area (Å²) in [7, 11) is 0. The lowest BCUT2D eigenvalue weighted by molar-refractivity contribution is 0.885. The van der Waals surface area contributed by atoms with Crippen LogP contribution in [0.15, 0.2) is 54.7 Å². The molecule has 2 nitrogen and oxygen atoms in total. The molecule has 3 aromatic rings. The third-order valence-electron chi connectivity index (χ3n) is 3.34. The van der Waals surface area contributed by atoms with Crippen LogP contribution < -0.4 is 0 Å². The van der Waals surface area contributed by atoms with Crippen molar-refractivity contribution < 1.29 is 0 Å². The number of benzene rings is 2. The molecule has 106 valence electrons. The Labute approximate surface area is 133 Å². The molecule has 0 atom stereocenters. The van der Waals surface area contributed by atoms with E-state index >= 15 is 0 Å². The first kappa shape index (κ1) is 14.2. The van der Waals surface area contributed by atoms with E-state index in [4.69, 9.17) is 23.2 Å². The van der Waals surface area contributed by atoms with Crippen LogP contribution in [0.1, 0.15) is 11.4 Å². The van der Waals surface area contributed by atoms with Crippen molar-refractivity contribution >= 4 is 23.2 Å². The summed E-state index contributed by atoms with van der Waals surface area (Å²) in [4.78, 5) is 7.79. The second-order valence-corrected chi connectivity index (χ2v) is 5.63. The van der Waals surface area contributed by atoms with E-state index in [9.17, 15) is 0 Å². The summed E-state index contributed by atoms with van der Waals surface area (Å²) < 4.78 is 0. The Balaban J connectivity index is 1.78. The molecule has 0 unspecified atom stereocenters. The van der Waals surface area contributed by atoms with E-state index in [0.717, 1.165) is 29.9 Å². The van der Waals surface area contributed by atoms with Gasteiger partial charge in [0.25, 0.3) is 0 Å². The summed E-state index contributed by atoms with van der Waals surface area (Å²) in [5.41, 5.74) is 2.86. The zero-order chi connectivity index (χ0) is 14.7. The summed E-state index contributed by atoms with van der Waals surface area (Å²) in [5.74, 6) is 0.935. The van der Waals surface area contributed by atoms with Gasteiger partial charge in [-0.05, 0) is 24.1 Å². The Morgan fingerprint density at radius 3 is 2.29 bits per heavy atom. The zero-order valence-corrected chi connectivity index (χ0v) is 12.8. The first-order valence-corrected chi connectivity index (χ1v) is 7.52. The Bertz CT molecular complexity index is 715. The van der Waals surface area contributed by atoms with Crippen LogP contribution in [0.5, 0.6) is 0 Å². The fraction of sp³-hybridized carbons (Fsp3) is 0.118. The van der Waals surface area contributed by atoms with Gasteiger partial charge in [-0.2, -0.15) is 0 Å². The van der Waals surface area contributed by atoms with E-state index in [1.807, 2.05) is 42.6 Å². The summed E-state index contributed by atoms with van der Waals surface area (Å²) in [6.45, 7) is 0. The van der Waals surface area contributed by atoms with Gasteiger partial charge in [-0.15, -0.1) is 0 Å². The molecule has 0 spiro atoms. The molecule has 2 aromatic carbocycles. The van der Waals surface area contributed by atoms with Gasteiger partial charge in [0.2, 0.25) is 0 Å². The van der Waals surface area contributed by atoms with E-state index in [-0.39, 0.29) is 0 Å². The maximum atomic E-state index is 6.21. The SMILES string of the molecule is Clc1cccc(Cl)c1-c1c[nH]c(CCc2ccccc2)n1. The molecular formula is C17H14Cl2N2. The minimum atomic E-state index is 0.614. The number of H-pyrrole nitrogens is 1. The molecule has 0 aliphatic heterocycles. The van der Waals surface area contributed by atoms with Gasteiger partial charge in [0.05, 0.1) is 15.7 Å². The molecule has 0 radical (unpaired) electrons. The number of hydrogen-bond donors (Lipinski definition) is 1. The Morgan fingerprint density at radius 1 is 0.857 bits per heavy atom. The number of imidazole rings is 1. The first-order valence-electron chi connectivity index (χ1n) is 6.76. The summed E-state index contributed by atoms with van der Waals surface area (Å²) in [6, 6.07) is 15.8. The number of nitrogens with one attached hydrogen (secondary N) is 1. The number of hydrogen-bond acceptors (Lipinski definition) is 1. The van der Waals surface area contributed by atoms with Crippen LogP contribution in [-0.2, 0) is 12.8 Å². The van der Waals surface area contributed by atoms with E-state index in [2.05, 4.69) is 22.1 Å². The molecule has 21 heavy (non-hydrogen) atoms. The van der Waals surface area contributed by atoms with Crippen molar-refractivity contribution in [3.8, 4) is 11.3 Å². The van der Waals surface area contributed by atoms with Crippen molar-refractivity contribution in [2.75, 3.05) is 0 Å². The first-order chi connectivity index (χ1) is 10.2. The van der Waals surface area contributed by atoms with Gasteiger partial charge >= 0.3 is 0 Å². The lowest BCUT2D eigenvalue weighted by Crippen LogP contribution is -1.93. The van der Waals surface area contributed by atoms with Crippen LogP contribution in [0, 0.1) is 0 Å². The number of rotatable bonds is 4. The van der Waals surface area contributed by atoms with Crippen molar-refractivity contribution in [1.29, 1.82) is 0 Å². The van der Waals surface area contributed by atoms with E-state index in [1.54, 1.807) is 0 Å². The quantitative estimate of drug-likeness (QED) is 0.706. The lowest BCUT2D eigenvalue weighted by Gasteiger charge is -2.02. The number of aryl methyl sites for hydroxylation is 2. The average molecular weight is 317 g/mol. The molecular weight excluding hydrogens is 303 g/mol.